The SMILES string of the molecule is C=CC(=O)Nc1cc(F)c(Oc2ncc(C)cc2NS(=O)(=O)c2ccc(Cl)c(C(F)(F)F)c2)c(F)c1. The monoisotopic (exact) mass is 547 g/mol. The third kappa shape index (κ3) is 6.10. The summed E-state index contributed by atoms with van der Waals surface area (Å²) in [6.45, 7) is 4.72. The number of carbonyl (C=O) groups excluding carboxylic acids is 1. The number of hydrogen-bond acceptors (Lipinski definition) is 5. The van der Waals surface area contributed by atoms with Crippen LogP contribution in [0.4, 0.5) is 33.3 Å². The van der Waals surface area contributed by atoms with Crippen molar-refractivity contribution < 1.29 is 39.9 Å². The van der Waals surface area contributed by atoms with Gasteiger partial charge in [-0.1, -0.05) is 18.2 Å². The number of nitrogens with one attached hydrogen (secondary N) is 2. The van der Waals surface area contributed by atoms with Gasteiger partial charge < -0.3 is 10.1 Å². The molecular weight excluding hydrogens is 533 g/mol. The lowest BCUT2D eigenvalue weighted by atomic mass is 10.2. The summed E-state index contributed by atoms with van der Waals surface area (Å²) >= 11 is 5.54. The van der Waals surface area contributed by atoms with E-state index in [0.717, 1.165) is 30.3 Å². The second-order valence-electron chi connectivity index (χ2n) is 7.17. The molecule has 0 bridgehead atoms. The molecule has 0 fully saturated rings. The number of rotatable bonds is 7. The molecule has 3 aromatic rings. The van der Waals surface area contributed by atoms with E-state index in [-0.39, 0.29) is 5.69 Å². The number of carbonyl (C=O) groups is 1. The Bertz CT molecular complexity index is 1440. The summed E-state index contributed by atoms with van der Waals surface area (Å²) in [5, 5.41) is 1.46. The van der Waals surface area contributed by atoms with E-state index in [1.54, 1.807) is 0 Å². The molecule has 3 rings (SSSR count). The van der Waals surface area contributed by atoms with Crippen molar-refractivity contribution in [1.82, 2.24) is 4.98 Å². The highest BCUT2D eigenvalue weighted by molar-refractivity contribution is 7.92. The Kier molecular flexibility index (Phi) is 7.55. The number of sulfonamides is 1. The van der Waals surface area contributed by atoms with E-state index in [4.69, 9.17) is 16.3 Å². The van der Waals surface area contributed by atoms with Gasteiger partial charge in [-0.25, -0.2) is 22.2 Å². The Morgan fingerprint density at radius 3 is 2.36 bits per heavy atom. The standard InChI is InChI=1S/C22H15ClF5N3O4S/c1-3-19(32)30-12-7-16(24)20(17(25)8-12)35-21-18(6-11(2)10-29-21)31-36(33,34)13-4-5-15(23)14(9-13)22(26,27)28/h3-10,31H,1H2,2H3,(H,30,32). The molecule has 1 amide bonds. The Labute approximate surface area is 206 Å². The number of hydrogen-bond donors (Lipinski definition) is 2. The minimum Gasteiger partial charge on any atom is -0.431 e. The maximum absolute atomic E-state index is 14.5. The smallest absolute Gasteiger partial charge is 0.417 e. The maximum atomic E-state index is 14.5. The highest BCUT2D eigenvalue weighted by Gasteiger charge is 2.34. The molecule has 0 unspecified atom stereocenters. The molecule has 0 atom stereocenters. The van der Waals surface area contributed by atoms with Crippen LogP contribution in [0.15, 0.2) is 60.1 Å². The van der Waals surface area contributed by atoms with Crippen molar-refractivity contribution in [3.05, 3.63) is 83.0 Å². The second kappa shape index (κ2) is 10.1. The van der Waals surface area contributed by atoms with Crippen molar-refractivity contribution in [2.24, 2.45) is 0 Å². The predicted molar refractivity (Wildman–Crippen MR) is 121 cm³/mol. The van der Waals surface area contributed by atoms with Gasteiger partial charge in [0.05, 0.1) is 15.5 Å². The van der Waals surface area contributed by atoms with Crippen molar-refractivity contribution >= 4 is 38.9 Å². The fourth-order valence-electron chi connectivity index (χ4n) is 2.82. The van der Waals surface area contributed by atoms with Crippen LogP contribution in [-0.2, 0) is 21.0 Å². The van der Waals surface area contributed by atoms with Crippen LogP contribution in [0.5, 0.6) is 11.6 Å². The Hall–Kier alpha value is -3.71. The first-order valence-electron chi connectivity index (χ1n) is 9.68. The summed E-state index contributed by atoms with van der Waals surface area (Å²) in [6, 6.07) is 4.62. The zero-order valence-corrected chi connectivity index (χ0v) is 19.7. The lowest BCUT2D eigenvalue weighted by Crippen LogP contribution is -2.16. The van der Waals surface area contributed by atoms with Crippen LogP contribution in [0.25, 0.3) is 0 Å². The fraction of sp³-hybridized carbons (Fsp3) is 0.0909. The molecular formula is C22H15ClF5N3O4S. The number of aryl methyl sites for hydroxylation is 1. The first-order valence-corrected chi connectivity index (χ1v) is 11.5. The molecule has 36 heavy (non-hydrogen) atoms. The molecule has 14 heteroatoms. The van der Waals surface area contributed by atoms with E-state index in [1.807, 2.05) is 4.72 Å². The van der Waals surface area contributed by atoms with Gasteiger partial charge in [-0.05, 0) is 42.8 Å². The van der Waals surface area contributed by atoms with Gasteiger partial charge in [0.15, 0.2) is 11.6 Å². The summed E-state index contributed by atoms with van der Waals surface area (Å²) in [7, 11) is -4.66. The van der Waals surface area contributed by atoms with Crippen molar-refractivity contribution in [3.63, 3.8) is 0 Å². The number of halogens is 6. The van der Waals surface area contributed by atoms with E-state index in [9.17, 15) is 35.2 Å². The number of amides is 1. The quantitative estimate of drug-likeness (QED) is 0.277. The van der Waals surface area contributed by atoms with E-state index >= 15 is 0 Å². The van der Waals surface area contributed by atoms with E-state index < -0.39 is 66.5 Å². The molecule has 190 valence electrons. The molecule has 0 saturated heterocycles. The molecule has 2 aromatic carbocycles. The minimum absolute atomic E-state index is 0.247. The average molecular weight is 548 g/mol. The van der Waals surface area contributed by atoms with E-state index in [0.29, 0.717) is 11.6 Å². The number of alkyl halides is 3. The Balaban J connectivity index is 1.98. The molecule has 2 N–H and O–H groups in total. The number of pyridine rings is 1. The maximum Gasteiger partial charge on any atom is 0.417 e. The molecule has 1 heterocycles. The second-order valence-corrected chi connectivity index (χ2v) is 9.26. The number of aromatic nitrogens is 1. The predicted octanol–water partition coefficient (Wildman–Crippen LogP) is 6.06. The molecule has 0 aliphatic rings. The number of nitrogens with zero attached hydrogens (tertiary/aromatic N) is 1. The third-order valence-electron chi connectivity index (χ3n) is 4.44. The number of ether oxygens (including phenoxy) is 1. The zero-order chi connectivity index (χ0) is 26.8. The zero-order valence-electron chi connectivity index (χ0n) is 18.1. The van der Waals surface area contributed by atoms with E-state index in [2.05, 4.69) is 16.9 Å². The van der Waals surface area contributed by atoms with Gasteiger partial charge in [-0.15, -0.1) is 0 Å². The molecule has 0 radical (unpaired) electrons. The topological polar surface area (TPSA) is 97.4 Å². The van der Waals surface area contributed by atoms with Gasteiger partial charge in [0.25, 0.3) is 10.0 Å². The Morgan fingerprint density at radius 1 is 1.14 bits per heavy atom. The van der Waals surface area contributed by atoms with Crippen LogP contribution in [0.2, 0.25) is 5.02 Å². The molecule has 7 nitrogen and oxygen atoms in total. The van der Waals surface area contributed by atoms with Crippen LogP contribution in [0.1, 0.15) is 11.1 Å². The third-order valence-corrected chi connectivity index (χ3v) is 6.13. The minimum atomic E-state index is -4.92. The van der Waals surface area contributed by atoms with Gasteiger partial charge in [0.1, 0.15) is 5.69 Å². The van der Waals surface area contributed by atoms with Crippen LogP contribution < -0.4 is 14.8 Å². The Morgan fingerprint density at radius 2 is 1.78 bits per heavy atom. The largest absolute Gasteiger partial charge is 0.431 e. The van der Waals surface area contributed by atoms with Crippen LogP contribution in [0, 0.1) is 18.6 Å². The van der Waals surface area contributed by atoms with Gasteiger partial charge in [0, 0.05) is 24.0 Å². The highest BCUT2D eigenvalue weighted by Crippen LogP contribution is 2.37. The van der Waals surface area contributed by atoms with Crippen LogP contribution in [0.3, 0.4) is 0 Å². The first-order chi connectivity index (χ1) is 16.7. The summed E-state index contributed by atoms with van der Waals surface area (Å²) in [5.74, 6) is -4.84. The molecule has 0 spiro atoms. The fourth-order valence-corrected chi connectivity index (χ4v) is 4.12. The molecule has 0 aliphatic heterocycles. The van der Waals surface area contributed by atoms with Gasteiger partial charge in [-0.2, -0.15) is 13.2 Å². The van der Waals surface area contributed by atoms with Crippen molar-refractivity contribution in [3.8, 4) is 11.6 Å². The summed E-state index contributed by atoms with van der Waals surface area (Å²) in [4.78, 5) is 14.4. The molecule has 1 aromatic heterocycles. The summed E-state index contributed by atoms with van der Waals surface area (Å²) in [6.07, 6.45) is -2.84. The summed E-state index contributed by atoms with van der Waals surface area (Å²) in [5.41, 5.74) is -1.65. The highest BCUT2D eigenvalue weighted by atomic mass is 35.5. The van der Waals surface area contributed by atoms with Crippen LogP contribution in [-0.4, -0.2) is 19.3 Å². The van der Waals surface area contributed by atoms with Gasteiger partial charge >= 0.3 is 6.18 Å². The first kappa shape index (κ1) is 26.9. The lowest BCUT2D eigenvalue weighted by Gasteiger charge is -2.15. The van der Waals surface area contributed by atoms with Crippen molar-refractivity contribution in [2.75, 3.05) is 10.0 Å². The van der Waals surface area contributed by atoms with Crippen molar-refractivity contribution in [2.45, 2.75) is 18.0 Å². The molecule has 0 saturated carbocycles. The van der Waals surface area contributed by atoms with Crippen molar-refractivity contribution in [1.29, 1.82) is 0 Å². The lowest BCUT2D eigenvalue weighted by molar-refractivity contribution is -0.137. The number of benzene rings is 2. The van der Waals surface area contributed by atoms with Gasteiger partial charge in [-0.3, -0.25) is 9.52 Å². The van der Waals surface area contributed by atoms with E-state index in [1.165, 1.54) is 19.2 Å². The molecule has 0 aliphatic carbocycles. The van der Waals surface area contributed by atoms with Crippen LogP contribution >= 0.6 is 11.6 Å². The van der Waals surface area contributed by atoms with Gasteiger partial charge in [0.2, 0.25) is 17.5 Å². The summed E-state index contributed by atoms with van der Waals surface area (Å²) < 4.78 is 101. The number of anilines is 2. The average Bonchev–Trinajstić information content (AvgIpc) is 2.76. The normalized spacial score (nSPS) is 11.6.